The lowest BCUT2D eigenvalue weighted by Gasteiger charge is -2.32. The Labute approximate surface area is 114 Å². The summed E-state index contributed by atoms with van der Waals surface area (Å²) in [6, 6.07) is 21.3. The van der Waals surface area contributed by atoms with Gasteiger partial charge in [-0.05, 0) is 29.8 Å². The summed E-state index contributed by atoms with van der Waals surface area (Å²) in [5, 5.41) is 7.07. The third-order valence-electron chi connectivity index (χ3n) is 3.53. The van der Waals surface area contributed by atoms with Gasteiger partial charge in [-0.25, -0.2) is 0 Å². The molecule has 0 saturated heterocycles. The van der Waals surface area contributed by atoms with E-state index in [1.165, 1.54) is 16.7 Å². The van der Waals surface area contributed by atoms with Crippen LogP contribution in [0.25, 0.3) is 0 Å². The molecule has 1 aliphatic heterocycles. The summed E-state index contributed by atoms with van der Waals surface area (Å²) in [6.07, 6.45) is 2.28. The molecule has 1 heterocycles. The topological polar surface area (TPSA) is 24.1 Å². The number of hydrogen-bond donors (Lipinski definition) is 2. The molecule has 3 rings (SSSR count). The van der Waals surface area contributed by atoms with Crippen molar-refractivity contribution < 1.29 is 0 Å². The minimum absolute atomic E-state index is 0.162. The molecule has 0 aliphatic carbocycles. The Morgan fingerprint density at radius 2 is 1.37 bits per heavy atom. The van der Waals surface area contributed by atoms with Crippen molar-refractivity contribution in [3.8, 4) is 0 Å². The molecule has 2 atom stereocenters. The zero-order valence-corrected chi connectivity index (χ0v) is 11.0. The molecule has 96 valence electrons. The van der Waals surface area contributed by atoms with Crippen LogP contribution < -0.4 is 10.6 Å². The molecule has 2 heteroatoms. The average Bonchev–Trinajstić information content (AvgIpc) is 2.49. The molecule has 0 fully saturated rings. The van der Waals surface area contributed by atoms with E-state index in [1.807, 2.05) is 6.07 Å². The Balaban J connectivity index is 1.87. The Morgan fingerprint density at radius 1 is 0.789 bits per heavy atom. The fraction of sp³-hybridized carbons (Fsp3) is 0.176. The van der Waals surface area contributed by atoms with Gasteiger partial charge in [0.25, 0.3) is 0 Å². The maximum Gasteiger partial charge on any atom is 0.103 e. The first-order valence-corrected chi connectivity index (χ1v) is 6.63. The minimum Gasteiger partial charge on any atom is -0.372 e. The smallest absolute Gasteiger partial charge is 0.103 e. The average molecular weight is 250 g/mol. The molecule has 19 heavy (non-hydrogen) atoms. The second-order valence-electron chi connectivity index (χ2n) is 4.91. The molecule has 0 radical (unpaired) electrons. The van der Waals surface area contributed by atoms with Gasteiger partial charge in [-0.15, -0.1) is 0 Å². The second kappa shape index (κ2) is 5.29. The molecule has 0 bridgehead atoms. The van der Waals surface area contributed by atoms with Gasteiger partial charge in [0.05, 0.1) is 6.04 Å². The Morgan fingerprint density at radius 3 is 2.00 bits per heavy atom. The maximum atomic E-state index is 3.66. The lowest BCUT2D eigenvalue weighted by molar-refractivity contribution is 0.417. The van der Waals surface area contributed by atoms with Crippen LogP contribution in [0.1, 0.15) is 30.3 Å². The van der Waals surface area contributed by atoms with Crippen LogP contribution in [0.15, 0.2) is 72.4 Å². The van der Waals surface area contributed by atoms with E-state index in [0.717, 1.165) is 0 Å². The summed E-state index contributed by atoms with van der Waals surface area (Å²) in [7, 11) is 0. The van der Waals surface area contributed by atoms with E-state index in [9.17, 15) is 0 Å². The van der Waals surface area contributed by atoms with Crippen molar-refractivity contribution in [3.63, 3.8) is 0 Å². The van der Waals surface area contributed by atoms with E-state index in [4.69, 9.17) is 0 Å². The molecule has 0 aromatic heterocycles. The highest BCUT2D eigenvalue weighted by atomic mass is 15.2. The van der Waals surface area contributed by atoms with Crippen LogP contribution in [-0.2, 0) is 0 Å². The fourth-order valence-electron chi connectivity index (χ4n) is 2.49. The lowest BCUT2D eigenvalue weighted by Crippen LogP contribution is -2.39. The summed E-state index contributed by atoms with van der Waals surface area (Å²) in [5.74, 6) is 0. The van der Waals surface area contributed by atoms with Crippen LogP contribution >= 0.6 is 0 Å². The van der Waals surface area contributed by atoms with Gasteiger partial charge in [-0.3, -0.25) is 5.32 Å². The quantitative estimate of drug-likeness (QED) is 0.852. The monoisotopic (exact) mass is 250 g/mol. The molecule has 0 spiro atoms. The molecule has 2 N–H and O–H groups in total. The molecule has 2 aromatic carbocycles. The molecular formula is C17H18N2. The SMILES string of the molecule is CC1=CNC(c2ccccc2)NC1c1ccccc1. The zero-order valence-electron chi connectivity index (χ0n) is 11.0. The summed E-state index contributed by atoms with van der Waals surface area (Å²) in [6.45, 7) is 2.15. The van der Waals surface area contributed by atoms with Crippen molar-refractivity contribution in [2.24, 2.45) is 0 Å². The van der Waals surface area contributed by atoms with Crippen LogP contribution in [0.2, 0.25) is 0 Å². The first kappa shape index (κ1) is 12.0. The number of benzene rings is 2. The van der Waals surface area contributed by atoms with Gasteiger partial charge in [0, 0.05) is 0 Å². The standard InChI is InChI=1S/C17H18N2/c1-13-12-18-17(15-10-6-3-7-11-15)19-16(13)14-8-4-2-5-9-14/h2-12,16-19H,1H3. The van der Waals surface area contributed by atoms with Crippen molar-refractivity contribution in [1.82, 2.24) is 10.6 Å². The largest absolute Gasteiger partial charge is 0.372 e. The van der Waals surface area contributed by atoms with Gasteiger partial charge >= 0.3 is 0 Å². The van der Waals surface area contributed by atoms with Crippen LogP contribution in [0.3, 0.4) is 0 Å². The molecule has 0 saturated carbocycles. The van der Waals surface area contributed by atoms with E-state index in [0.29, 0.717) is 0 Å². The zero-order chi connectivity index (χ0) is 13.1. The normalized spacial score (nSPS) is 22.5. The first-order valence-electron chi connectivity index (χ1n) is 6.63. The van der Waals surface area contributed by atoms with Crippen molar-refractivity contribution in [2.45, 2.75) is 19.1 Å². The summed E-state index contributed by atoms with van der Waals surface area (Å²) < 4.78 is 0. The van der Waals surface area contributed by atoms with Crippen molar-refractivity contribution in [3.05, 3.63) is 83.6 Å². The van der Waals surface area contributed by atoms with Crippen LogP contribution in [0, 0.1) is 0 Å². The van der Waals surface area contributed by atoms with Gasteiger partial charge in [0.15, 0.2) is 0 Å². The summed E-state index contributed by atoms with van der Waals surface area (Å²) in [4.78, 5) is 0. The second-order valence-corrected chi connectivity index (χ2v) is 4.91. The van der Waals surface area contributed by atoms with E-state index in [-0.39, 0.29) is 12.2 Å². The van der Waals surface area contributed by atoms with Crippen LogP contribution in [0.5, 0.6) is 0 Å². The van der Waals surface area contributed by atoms with E-state index < -0.39 is 0 Å². The minimum atomic E-state index is 0.162. The summed E-state index contributed by atoms with van der Waals surface area (Å²) in [5.41, 5.74) is 3.87. The maximum absolute atomic E-state index is 3.66. The van der Waals surface area contributed by atoms with E-state index >= 15 is 0 Å². The Hall–Kier alpha value is -2.06. The predicted octanol–water partition coefficient (Wildman–Crippen LogP) is 3.52. The predicted molar refractivity (Wildman–Crippen MR) is 78.4 cm³/mol. The van der Waals surface area contributed by atoms with Gasteiger partial charge in [-0.1, -0.05) is 60.7 Å². The number of hydrogen-bond acceptors (Lipinski definition) is 2. The van der Waals surface area contributed by atoms with E-state index in [2.05, 4.69) is 78.4 Å². The highest BCUT2D eigenvalue weighted by Gasteiger charge is 2.22. The number of rotatable bonds is 2. The molecule has 0 amide bonds. The lowest BCUT2D eigenvalue weighted by atomic mass is 9.97. The molecule has 2 nitrogen and oxygen atoms in total. The Bertz CT molecular complexity index is 560. The van der Waals surface area contributed by atoms with Gasteiger partial charge < -0.3 is 5.32 Å². The van der Waals surface area contributed by atoms with Gasteiger partial charge in [0.1, 0.15) is 6.17 Å². The third kappa shape index (κ3) is 2.54. The van der Waals surface area contributed by atoms with Crippen LogP contribution in [0.4, 0.5) is 0 Å². The van der Waals surface area contributed by atoms with Crippen molar-refractivity contribution >= 4 is 0 Å². The molecule has 1 aliphatic rings. The highest BCUT2D eigenvalue weighted by molar-refractivity contribution is 5.31. The van der Waals surface area contributed by atoms with Crippen molar-refractivity contribution in [1.29, 1.82) is 0 Å². The summed E-state index contributed by atoms with van der Waals surface area (Å²) >= 11 is 0. The van der Waals surface area contributed by atoms with Crippen LogP contribution in [-0.4, -0.2) is 0 Å². The molecule has 2 unspecified atom stereocenters. The highest BCUT2D eigenvalue weighted by Crippen LogP contribution is 2.27. The number of nitrogens with one attached hydrogen (secondary N) is 2. The van der Waals surface area contributed by atoms with Gasteiger partial charge in [-0.2, -0.15) is 0 Å². The van der Waals surface area contributed by atoms with E-state index in [1.54, 1.807) is 0 Å². The molecule has 2 aromatic rings. The first-order chi connectivity index (χ1) is 9.34. The molecular weight excluding hydrogens is 232 g/mol. The fourth-order valence-corrected chi connectivity index (χ4v) is 2.49. The van der Waals surface area contributed by atoms with Crippen molar-refractivity contribution in [2.75, 3.05) is 0 Å². The van der Waals surface area contributed by atoms with Gasteiger partial charge in [0.2, 0.25) is 0 Å². The Kier molecular flexibility index (Phi) is 3.34. The third-order valence-corrected chi connectivity index (χ3v) is 3.53.